The van der Waals surface area contributed by atoms with E-state index >= 15 is 0 Å². The number of amides is 1. The largest absolute Gasteiger partial charge is 0.497 e. The number of nitrogens with one attached hydrogen (secondary N) is 1. The molecule has 1 N–H and O–H groups in total. The Morgan fingerprint density at radius 3 is 2.12 bits per heavy atom. The molecule has 0 aromatic heterocycles. The van der Waals surface area contributed by atoms with Gasteiger partial charge in [-0.15, -0.1) is 0 Å². The van der Waals surface area contributed by atoms with Crippen LogP contribution in [0.25, 0.3) is 0 Å². The monoisotopic (exact) mass is 492 g/mol. The third-order valence-corrected chi connectivity index (χ3v) is 8.00. The first-order valence-corrected chi connectivity index (χ1v) is 12.4. The number of hydrogen-bond acceptors (Lipinski definition) is 7. The summed E-state index contributed by atoms with van der Waals surface area (Å²) in [4.78, 5) is 13.0. The standard InChI is InChI=1S/C24H32N2O7S/c1-16(18-6-8-20(31-3)22(14-18)33-5)25-24(27)17-10-12-26(13-11-17)34(28,29)23-15-19(30-2)7-9-21(23)32-4/h6-9,14-17H,10-13H2,1-5H3,(H,25,27)/t16-/m0/s1. The lowest BCUT2D eigenvalue weighted by molar-refractivity contribution is -0.126. The zero-order valence-electron chi connectivity index (χ0n) is 20.2. The summed E-state index contributed by atoms with van der Waals surface area (Å²) >= 11 is 0. The van der Waals surface area contributed by atoms with E-state index in [-0.39, 0.29) is 41.6 Å². The van der Waals surface area contributed by atoms with Crippen LogP contribution in [-0.4, -0.2) is 60.2 Å². The summed E-state index contributed by atoms with van der Waals surface area (Å²) < 4.78 is 48.9. The van der Waals surface area contributed by atoms with Crippen molar-refractivity contribution < 1.29 is 32.2 Å². The van der Waals surface area contributed by atoms with Crippen LogP contribution in [0, 0.1) is 5.92 Å². The topological polar surface area (TPSA) is 103 Å². The third-order valence-electron chi connectivity index (χ3n) is 6.08. The first-order valence-electron chi connectivity index (χ1n) is 11.0. The van der Waals surface area contributed by atoms with Crippen LogP contribution in [0.15, 0.2) is 41.3 Å². The fourth-order valence-electron chi connectivity index (χ4n) is 4.02. The quantitative estimate of drug-likeness (QED) is 0.574. The van der Waals surface area contributed by atoms with Crippen molar-refractivity contribution in [3.63, 3.8) is 0 Å². The Kier molecular flexibility index (Phi) is 8.27. The van der Waals surface area contributed by atoms with Crippen LogP contribution in [0.3, 0.4) is 0 Å². The molecule has 0 unspecified atom stereocenters. The number of sulfonamides is 1. The summed E-state index contributed by atoms with van der Waals surface area (Å²) in [6.45, 7) is 2.38. The Morgan fingerprint density at radius 1 is 0.912 bits per heavy atom. The second-order valence-corrected chi connectivity index (χ2v) is 9.95. The molecule has 0 radical (unpaired) electrons. The van der Waals surface area contributed by atoms with Gasteiger partial charge in [0.15, 0.2) is 11.5 Å². The van der Waals surface area contributed by atoms with E-state index in [4.69, 9.17) is 18.9 Å². The minimum Gasteiger partial charge on any atom is -0.497 e. The van der Waals surface area contributed by atoms with Gasteiger partial charge in [-0.25, -0.2) is 8.42 Å². The van der Waals surface area contributed by atoms with E-state index in [1.54, 1.807) is 32.4 Å². The van der Waals surface area contributed by atoms with Crippen molar-refractivity contribution in [1.82, 2.24) is 9.62 Å². The molecule has 186 valence electrons. The predicted molar refractivity (Wildman–Crippen MR) is 127 cm³/mol. The molecule has 10 heteroatoms. The third kappa shape index (κ3) is 5.39. The lowest BCUT2D eigenvalue weighted by atomic mass is 9.96. The SMILES string of the molecule is COc1ccc(OC)c(S(=O)(=O)N2CCC(C(=O)N[C@@H](C)c3ccc(OC)c(OC)c3)CC2)c1. The number of hydrogen-bond donors (Lipinski definition) is 1. The Bertz CT molecular complexity index is 1110. The first kappa shape index (κ1) is 25.6. The Hall–Kier alpha value is -2.98. The second-order valence-electron chi connectivity index (χ2n) is 8.04. The molecule has 1 amide bonds. The zero-order valence-corrected chi connectivity index (χ0v) is 21.0. The average Bonchev–Trinajstić information content (AvgIpc) is 2.87. The molecule has 1 fully saturated rings. The minimum atomic E-state index is -3.80. The van der Waals surface area contributed by atoms with E-state index in [0.717, 1.165) is 5.56 Å². The van der Waals surface area contributed by atoms with Gasteiger partial charge in [-0.3, -0.25) is 4.79 Å². The van der Waals surface area contributed by atoms with Crippen LogP contribution in [0.2, 0.25) is 0 Å². The number of benzene rings is 2. The van der Waals surface area contributed by atoms with Gasteiger partial charge in [0, 0.05) is 25.1 Å². The summed E-state index contributed by atoms with van der Waals surface area (Å²) in [5.41, 5.74) is 0.885. The zero-order chi connectivity index (χ0) is 24.9. The molecule has 2 aromatic rings. The summed E-state index contributed by atoms with van der Waals surface area (Å²) in [6, 6.07) is 9.94. The number of piperidine rings is 1. The number of carbonyl (C=O) groups is 1. The predicted octanol–water partition coefficient (Wildman–Crippen LogP) is 3.00. The molecule has 1 aliphatic heterocycles. The van der Waals surface area contributed by atoms with Gasteiger partial charge in [-0.05, 0) is 49.6 Å². The van der Waals surface area contributed by atoms with Crippen LogP contribution in [0.5, 0.6) is 23.0 Å². The number of nitrogens with zero attached hydrogens (tertiary/aromatic N) is 1. The summed E-state index contributed by atoms with van der Waals surface area (Å²) in [6.07, 6.45) is 0.853. The van der Waals surface area contributed by atoms with E-state index in [0.29, 0.717) is 30.1 Å². The number of carbonyl (C=O) groups excluding carboxylic acids is 1. The van der Waals surface area contributed by atoms with Gasteiger partial charge in [-0.2, -0.15) is 4.31 Å². The minimum absolute atomic E-state index is 0.0549. The molecule has 1 aliphatic rings. The summed E-state index contributed by atoms with van der Waals surface area (Å²) in [5.74, 6) is 1.51. The van der Waals surface area contributed by atoms with Crippen LogP contribution >= 0.6 is 0 Å². The Balaban J connectivity index is 1.65. The Labute approximate surface area is 201 Å². The maximum atomic E-state index is 13.3. The number of methoxy groups -OCH3 is 4. The van der Waals surface area contributed by atoms with Gasteiger partial charge in [0.25, 0.3) is 0 Å². The van der Waals surface area contributed by atoms with Gasteiger partial charge in [0.05, 0.1) is 34.5 Å². The van der Waals surface area contributed by atoms with E-state index in [9.17, 15) is 13.2 Å². The summed E-state index contributed by atoms with van der Waals surface area (Å²) in [7, 11) is 2.24. The molecule has 34 heavy (non-hydrogen) atoms. The Morgan fingerprint density at radius 2 is 1.53 bits per heavy atom. The highest BCUT2D eigenvalue weighted by atomic mass is 32.2. The normalized spacial score (nSPS) is 15.9. The maximum absolute atomic E-state index is 13.3. The number of rotatable bonds is 9. The van der Waals surface area contributed by atoms with Gasteiger partial charge in [-0.1, -0.05) is 6.07 Å². The van der Waals surface area contributed by atoms with Crippen molar-refractivity contribution in [3.05, 3.63) is 42.0 Å². The van der Waals surface area contributed by atoms with Crippen molar-refractivity contribution in [1.29, 1.82) is 0 Å². The molecular formula is C24H32N2O7S. The maximum Gasteiger partial charge on any atom is 0.246 e. The van der Waals surface area contributed by atoms with Crippen molar-refractivity contribution in [2.24, 2.45) is 5.92 Å². The molecule has 3 rings (SSSR count). The van der Waals surface area contributed by atoms with Gasteiger partial charge >= 0.3 is 0 Å². The highest BCUT2D eigenvalue weighted by Gasteiger charge is 2.34. The van der Waals surface area contributed by atoms with E-state index in [1.807, 2.05) is 19.1 Å². The van der Waals surface area contributed by atoms with Crippen molar-refractivity contribution in [2.75, 3.05) is 41.5 Å². The summed E-state index contributed by atoms with van der Waals surface area (Å²) in [5, 5.41) is 3.03. The molecule has 9 nitrogen and oxygen atoms in total. The van der Waals surface area contributed by atoms with Gasteiger partial charge in [0.2, 0.25) is 15.9 Å². The fourth-order valence-corrected chi connectivity index (χ4v) is 5.66. The molecule has 0 bridgehead atoms. The lowest BCUT2D eigenvalue weighted by Crippen LogP contribution is -2.43. The molecule has 0 saturated carbocycles. The highest BCUT2D eigenvalue weighted by Crippen LogP contribution is 2.33. The second kappa shape index (κ2) is 11.0. The van der Waals surface area contributed by atoms with E-state index in [2.05, 4.69) is 5.32 Å². The first-order chi connectivity index (χ1) is 16.2. The molecule has 1 saturated heterocycles. The van der Waals surface area contributed by atoms with Gasteiger partial charge in [0.1, 0.15) is 16.4 Å². The van der Waals surface area contributed by atoms with Crippen molar-refractivity contribution in [3.8, 4) is 23.0 Å². The van der Waals surface area contributed by atoms with Crippen molar-refractivity contribution >= 4 is 15.9 Å². The van der Waals surface area contributed by atoms with Gasteiger partial charge < -0.3 is 24.3 Å². The van der Waals surface area contributed by atoms with E-state index in [1.165, 1.54) is 24.6 Å². The van der Waals surface area contributed by atoms with Crippen molar-refractivity contribution in [2.45, 2.75) is 30.7 Å². The molecule has 0 aliphatic carbocycles. The van der Waals surface area contributed by atoms with Crippen LogP contribution < -0.4 is 24.3 Å². The molecule has 1 atom stereocenters. The molecule has 1 heterocycles. The van der Waals surface area contributed by atoms with Crippen LogP contribution in [0.4, 0.5) is 0 Å². The van der Waals surface area contributed by atoms with E-state index < -0.39 is 10.0 Å². The smallest absolute Gasteiger partial charge is 0.246 e. The average molecular weight is 493 g/mol. The number of ether oxygens (including phenoxy) is 4. The van der Waals surface area contributed by atoms with Crippen LogP contribution in [0.1, 0.15) is 31.4 Å². The van der Waals surface area contributed by atoms with Crippen LogP contribution in [-0.2, 0) is 14.8 Å². The molecule has 2 aromatic carbocycles. The lowest BCUT2D eigenvalue weighted by Gasteiger charge is -2.31. The highest BCUT2D eigenvalue weighted by molar-refractivity contribution is 7.89. The fraction of sp³-hybridized carbons (Fsp3) is 0.458. The molecule has 0 spiro atoms. The molecular weight excluding hydrogens is 460 g/mol.